The lowest BCUT2D eigenvalue weighted by atomic mass is 10.1. The van der Waals surface area contributed by atoms with Crippen molar-refractivity contribution in [1.29, 1.82) is 0 Å². The molecular formula is C18H24N4OS. The number of hydrogen-bond acceptors (Lipinski definition) is 4. The highest BCUT2D eigenvalue weighted by Gasteiger charge is 2.16. The summed E-state index contributed by atoms with van der Waals surface area (Å²) in [6, 6.07) is 9.99. The highest BCUT2D eigenvalue weighted by atomic mass is 32.2. The number of thioether (sulfide) groups is 1. The standard InChI is InChI=1S/C18H24N4OS/c1-13(2)11-12-19-17(23)14(3)24-18-20-16(21-22-18)10-9-15-7-5-4-6-8-15/h4-10,13-14H,11-12H2,1-3H3,(H,19,23)(H,20,21,22)/b10-9+. The maximum atomic E-state index is 12.0. The van der Waals surface area contributed by atoms with Crippen molar-refractivity contribution >= 4 is 29.8 Å². The van der Waals surface area contributed by atoms with Gasteiger partial charge in [0.25, 0.3) is 0 Å². The van der Waals surface area contributed by atoms with Crippen molar-refractivity contribution in [1.82, 2.24) is 20.5 Å². The van der Waals surface area contributed by atoms with E-state index in [1.165, 1.54) is 11.8 Å². The number of hydrogen-bond donors (Lipinski definition) is 2. The second-order valence-electron chi connectivity index (χ2n) is 5.98. The van der Waals surface area contributed by atoms with E-state index in [4.69, 9.17) is 0 Å². The zero-order valence-corrected chi connectivity index (χ0v) is 15.1. The molecule has 0 radical (unpaired) electrons. The molecule has 6 heteroatoms. The van der Waals surface area contributed by atoms with Crippen molar-refractivity contribution in [3.05, 3.63) is 41.7 Å². The molecule has 1 unspecified atom stereocenters. The van der Waals surface area contributed by atoms with Gasteiger partial charge in [-0.2, -0.15) is 0 Å². The van der Waals surface area contributed by atoms with Gasteiger partial charge < -0.3 is 5.32 Å². The zero-order valence-electron chi connectivity index (χ0n) is 14.3. The minimum absolute atomic E-state index is 0.0202. The first kappa shape index (κ1) is 18.3. The number of nitrogens with one attached hydrogen (secondary N) is 2. The summed E-state index contributed by atoms with van der Waals surface area (Å²) in [5.41, 5.74) is 1.10. The Morgan fingerprint density at radius 2 is 2.00 bits per heavy atom. The number of aromatic amines is 1. The van der Waals surface area contributed by atoms with E-state index in [2.05, 4.69) is 34.3 Å². The Hall–Kier alpha value is -2.08. The summed E-state index contributed by atoms with van der Waals surface area (Å²) in [4.78, 5) is 16.4. The van der Waals surface area contributed by atoms with Crippen LogP contribution < -0.4 is 5.32 Å². The molecule has 1 aromatic heterocycles. The van der Waals surface area contributed by atoms with E-state index in [-0.39, 0.29) is 11.2 Å². The molecule has 0 spiro atoms. The van der Waals surface area contributed by atoms with Crippen molar-refractivity contribution in [2.45, 2.75) is 37.6 Å². The van der Waals surface area contributed by atoms with Crippen LogP contribution in [0.4, 0.5) is 0 Å². The number of H-pyrrole nitrogens is 1. The van der Waals surface area contributed by atoms with Crippen molar-refractivity contribution in [3.8, 4) is 0 Å². The predicted octanol–water partition coefficient (Wildman–Crippen LogP) is 3.62. The van der Waals surface area contributed by atoms with Gasteiger partial charge in [0.15, 0.2) is 0 Å². The summed E-state index contributed by atoms with van der Waals surface area (Å²) in [5, 5.41) is 10.3. The fraction of sp³-hybridized carbons (Fsp3) is 0.389. The third-order valence-corrected chi connectivity index (χ3v) is 4.35. The molecule has 1 heterocycles. The number of carbonyl (C=O) groups excluding carboxylic acids is 1. The van der Waals surface area contributed by atoms with E-state index < -0.39 is 0 Å². The second kappa shape index (κ2) is 9.27. The Morgan fingerprint density at radius 3 is 2.71 bits per heavy atom. The molecule has 2 rings (SSSR count). The molecule has 1 aromatic carbocycles. The number of rotatable bonds is 8. The normalized spacial score (nSPS) is 12.7. The van der Waals surface area contributed by atoms with Crippen molar-refractivity contribution < 1.29 is 4.79 Å². The maximum Gasteiger partial charge on any atom is 0.233 e. The molecule has 1 atom stereocenters. The van der Waals surface area contributed by atoms with E-state index in [1.54, 1.807) is 0 Å². The van der Waals surface area contributed by atoms with Crippen LogP contribution in [-0.4, -0.2) is 32.9 Å². The molecular weight excluding hydrogens is 320 g/mol. The van der Waals surface area contributed by atoms with Crippen molar-refractivity contribution in [2.24, 2.45) is 5.92 Å². The lowest BCUT2D eigenvalue weighted by Gasteiger charge is -2.11. The van der Waals surface area contributed by atoms with E-state index in [1.807, 2.05) is 49.4 Å². The van der Waals surface area contributed by atoms with Crippen LogP contribution >= 0.6 is 11.8 Å². The van der Waals surface area contributed by atoms with Crippen molar-refractivity contribution in [2.75, 3.05) is 6.54 Å². The number of amides is 1. The Labute approximate surface area is 147 Å². The fourth-order valence-corrected chi connectivity index (χ4v) is 2.72. The van der Waals surface area contributed by atoms with Gasteiger partial charge in [-0.1, -0.05) is 62.0 Å². The first-order valence-corrected chi connectivity index (χ1v) is 9.02. The van der Waals surface area contributed by atoms with Gasteiger partial charge >= 0.3 is 0 Å². The van der Waals surface area contributed by atoms with Gasteiger partial charge in [-0.3, -0.25) is 9.89 Å². The Morgan fingerprint density at radius 1 is 1.25 bits per heavy atom. The number of nitrogens with zero attached hydrogens (tertiary/aromatic N) is 2. The molecule has 0 saturated carbocycles. The maximum absolute atomic E-state index is 12.0. The third-order valence-electron chi connectivity index (χ3n) is 3.39. The van der Waals surface area contributed by atoms with Crippen LogP contribution in [-0.2, 0) is 4.79 Å². The Bertz CT molecular complexity index is 667. The summed E-state index contributed by atoms with van der Waals surface area (Å²) in [5.74, 6) is 1.28. The van der Waals surface area contributed by atoms with Gasteiger partial charge in [0.1, 0.15) is 5.82 Å². The first-order chi connectivity index (χ1) is 11.5. The molecule has 0 aliphatic heterocycles. The molecule has 2 aromatic rings. The minimum Gasteiger partial charge on any atom is -0.355 e. The minimum atomic E-state index is -0.223. The molecule has 24 heavy (non-hydrogen) atoms. The van der Waals surface area contributed by atoms with Crippen molar-refractivity contribution in [3.63, 3.8) is 0 Å². The van der Waals surface area contributed by atoms with Crippen LogP contribution in [0.1, 0.15) is 38.6 Å². The molecule has 128 valence electrons. The molecule has 0 saturated heterocycles. The number of carbonyl (C=O) groups is 1. The summed E-state index contributed by atoms with van der Waals surface area (Å²) in [6.45, 7) is 6.86. The van der Waals surface area contributed by atoms with E-state index in [0.717, 1.165) is 12.0 Å². The zero-order chi connectivity index (χ0) is 17.4. The molecule has 0 fully saturated rings. The van der Waals surface area contributed by atoms with Crippen LogP contribution in [0.5, 0.6) is 0 Å². The lowest BCUT2D eigenvalue weighted by Crippen LogP contribution is -2.32. The Balaban J connectivity index is 1.84. The number of aromatic nitrogens is 3. The van der Waals surface area contributed by atoms with Crippen LogP contribution in [0.15, 0.2) is 35.5 Å². The lowest BCUT2D eigenvalue weighted by molar-refractivity contribution is -0.120. The quantitative estimate of drug-likeness (QED) is 0.718. The smallest absolute Gasteiger partial charge is 0.233 e. The van der Waals surface area contributed by atoms with E-state index >= 15 is 0 Å². The van der Waals surface area contributed by atoms with Crippen LogP contribution in [0.3, 0.4) is 0 Å². The summed E-state index contributed by atoms with van der Waals surface area (Å²) >= 11 is 1.35. The van der Waals surface area contributed by atoms with Gasteiger partial charge in [0.05, 0.1) is 5.25 Å². The van der Waals surface area contributed by atoms with E-state index in [9.17, 15) is 4.79 Å². The van der Waals surface area contributed by atoms with Crippen LogP contribution in [0.25, 0.3) is 12.2 Å². The van der Waals surface area contributed by atoms with Gasteiger partial charge in [-0.15, -0.1) is 5.10 Å². The Kier molecular flexibility index (Phi) is 7.06. The monoisotopic (exact) mass is 344 g/mol. The summed E-state index contributed by atoms with van der Waals surface area (Å²) < 4.78 is 0. The SMILES string of the molecule is CC(C)CCNC(=O)C(C)Sc1n[nH]c(/C=C/c2ccccc2)n1. The van der Waals surface area contributed by atoms with Gasteiger partial charge in [0, 0.05) is 6.54 Å². The average molecular weight is 344 g/mol. The highest BCUT2D eigenvalue weighted by molar-refractivity contribution is 8.00. The molecule has 5 nitrogen and oxygen atoms in total. The van der Waals surface area contributed by atoms with Crippen LogP contribution in [0, 0.1) is 5.92 Å². The average Bonchev–Trinajstić information content (AvgIpc) is 3.01. The first-order valence-electron chi connectivity index (χ1n) is 8.14. The number of benzene rings is 1. The topological polar surface area (TPSA) is 70.7 Å². The molecule has 0 bridgehead atoms. The van der Waals surface area contributed by atoms with Gasteiger partial charge in [-0.25, -0.2) is 4.98 Å². The molecule has 0 aliphatic rings. The summed E-state index contributed by atoms with van der Waals surface area (Å²) in [7, 11) is 0. The fourth-order valence-electron chi connectivity index (χ4n) is 1.96. The molecule has 0 aliphatic carbocycles. The largest absolute Gasteiger partial charge is 0.355 e. The predicted molar refractivity (Wildman–Crippen MR) is 99.5 cm³/mol. The molecule has 2 N–H and O–H groups in total. The molecule has 1 amide bonds. The highest BCUT2D eigenvalue weighted by Crippen LogP contribution is 2.19. The van der Waals surface area contributed by atoms with Gasteiger partial charge in [-0.05, 0) is 30.9 Å². The van der Waals surface area contributed by atoms with Gasteiger partial charge in [0.2, 0.25) is 11.1 Å². The van der Waals surface area contributed by atoms with E-state index in [0.29, 0.717) is 23.4 Å². The third kappa shape index (κ3) is 6.20. The second-order valence-corrected chi connectivity index (χ2v) is 7.29. The van der Waals surface area contributed by atoms with Crippen LogP contribution in [0.2, 0.25) is 0 Å². The summed E-state index contributed by atoms with van der Waals surface area (Å²) in [6.07, 6.45) is 4.83.